The molecule has 6 aromatic carbocycles. The van der Waals surface area contributed by atoms with Crippen LogP contribution in [0.2, 0.25) is 0 Å². The van der Waals surface area contributed by atoms with Crippen LogP contribution in [-0.4, -0.2) is 0 Å². The summed E-state index contributed by atoms with van der Waals surface area (Å²) in [5.74, 6) is 0.141. The summed E-state index contributed by atoms with van der Waals surface area (Å²) in [7, 11) is 0. The van der Waals surface area contributed by atoms with Gasteiger partial charge in [-0.15, -0.1) is 0 Å². The summed E-state index contributed by atoms with van der Waals surface area (Å²) >= 11 is 0. The number of hydrogen-bond donors (Lipinski definition) is 0. The van der Waals surface area contributed by atoms with Gasteiger partial charge in [0.15, 0.2) is 0 Å². The Hall–Kier alpha value is -6.44. The minimum atomic E-state index is -0.0869. The molecular formula is C56H51N. The molecule has 1 heteroatoms. The second kappa shape index (κ2) is 16.3. The first-order chi connectivity index (χ1) is 27.8. The molecule has 0 saturated carbocycles. The monoisotopic (exact) mass is 737 g/mol. The minimum absolute atomic E-state index is 0.0869. The lowest BCUT2D eigenvalue weighted by Crippen LogP contribution is -2.16. The molecule has 0 fully saturated rings. The highest BCUT2D eigenvalue weighted by molar-refractivity contribution is 5.86. The second-order valence-corrected chi connectivity index (χ2v) is 15.7. The molecule has 0 aliphatic heterocycles. The topological polar surface area (TPSA) is 3.24 Å². The van der Waals surface area contributed by atoms with Crippen molar-refractivity contribution < 1.29 is 0 Å². The van der Waals surface area contributed by atoms with E-state index in [0.29, 0.717) is 0 Å². The van der Waals surface area contributed by atoms with Crippen molar-refractivity contribution in [1.82, 2.24) is 0 Å². The van der Waals surface area contributed by atoms with Gasteiger partial charge in [-0.1, -0.05) is 191 Å². The summed E-state index contributed by atoms with van der Waals surface area (Å²) in [5.41, 5.74) is 18.5. The molecule has 1 nitrogen and oxygen atoms in total. The van der Waals surface area contributed by atoms with Crippen molar-refractivity contribution in [2.75, 3.05) is 4.90 Å². The van der Waals surface area contributed by atoms with Crippen molar-refractivity contribution in [3.63, 3.8) is 0 Å². The van der Waals surface area contributed by atoms with E-state index in [-0.39, 0.29) is 11.3 Å². The molecule has 6 aromatic rings. The number of nitrogens with zero attached hydrogens (tertiary/aromatic N) is 1. The van der Waals surface area contributed by atoms with Crippen molar-refractivity contribution >= 4 is 22.6 Å². The minimum Gasteiger partial charge on any atom is -0.310 e. The Morgan fingerprint density at radius 2 is 1.26 bits per heavy atom. The van der Waals surface area contributed by atoms with Crippen molar-refractivity contribution in [1.29, 1.82) is 0 Å². The number of hydrogen-bond acceptors (Lipinski definition) is 1. The average molecular weight is 738 g/mol. The van der Waals surface area contributed by atoms with E-state index in [1.54, 1.807) is 0 Å². The Morgan fingerprint density at radius 3 is 1.98 bits per heavy atom. The Bertz CT molecular complexity index is 2540. The van der Waals surface area contributed by atoms with Crippen molar-refractivity contribution in [2.45, 2.75) is 46.0 Å². The maximum Gasteiger partial charge on any atom is 0.0465 e. The lowest BCUT2D eigenvalue weighted by atomic mass is 9.82. The molecule has 0 heterocycles. The first-order valence-corrected chi connectivity index (χ1v) is 20.3. The van der Waals surface area contributed by atoms with Gasteiger partial charge in [-0.25, -0.2) is 0 Å². The molecule has 0 amide bonds. The van der Waals surface area contributed by atoms with E-state index in [1.807, 2.05) is 0 Å². The Kier molecular flexibility index (Phi) is 10.7. The molecule has 2 aliphatic rings. The fraction of sp³-hybridized carbons (Fsp3) is 0.143. The van der Waals surface area contributed by atoms with E-state index in [0.717, 1.165) is 46.6 Å². The number of anilines is 3. The zero-order valence-corrected chi connectivity index (χ0v) is 33.6. The second-order valence-electron chi connectivity index (χ2n) is 15.7. The Balaban J connectivity index is 1.13. The van der Waals surface area contributed by atoms with Crippen LogP contribution in [0.15, 0.2) is 217 Å². The fourth-order valence-electron chi connectivity index (χ4n) is 8.55. The zero-order chi connectivity index (χ0) is 39.4. The van der Waals surface area contributed by atoms with Gasteiger partial charge in [-0.2, -0.15) is 0 Å². The van der Waals surface area contributed by atoms with Crippen LogP contribution >= 0.6 is 0 Å². The molecule has 8 rings (SSSR count). The van der Waals surface area contributed by atoms with E-state index < -0.39 is 0 Å². The van der Waals surface area contributed by atoms with Crippen LogP contribution in [0.3, 0.4) is 0 Å². The SMILES string of the molecule is C=C(C1=CC(C(=C/Cc2ccc(N(c3ccc(-c4ccccc4)cc3)c3ccc4c(c3)C(C)(C)c3ccccc3-4)cc2)/C(C)=C\CC)C=CC=C1)c1ccccc1. The van der Waals surface area contributed by atoms with E-state index in [9.17, 15) is 0 Å². The molecule has 0 spiro atoms. The van der Waals surface area contributed by atoms with Gasteiger partial charge in [-0.05, 0) is 117 Å². The molecule has 1 atom stereocenters. The highest BCUT2D eigenvalue weighted by Crippen LogP contribution is 2.50. The van der Waals surface area contributed by atoms with Gasteiger partial charge in [0.1, 0.15) is 0 Å². The molecule has 280 valence electrons. The van der Waals surface area contributed by atoms with Gasteiger partial charge in [-0.3, -0.25) is 0 Å². The maximum absolute atomic E-state index is 4.49. The number of allylic oxidation sites excluding steroid dienone is 11. The highest BCUT2D eigenvalue weighted by Gasteiger charge is 2.35. The molecule has 0 N–H and O–H groups in total. The van der Waals surface area contributed by atoms with Crippen LogP contribution in [-0.2, 0) is 11.8 Å². The molecular weight excluding hydrogens is 687 g/mol. The molecule has 0 aromatic heterocycles. The van der Waals surface area contributed by atoms with E-state index in [4.69, 9.17) is 0 Å². The van der Waals surface area contributed by atoms with Crippen molar-refractivity contribution in [3.05, 3.63) is 240 Å². The van der Waals surface area contributed by atoms with Crippen LogP contribution in [0.25, 0.3) is 27.8 Å². The van der Waals surface area contributed by atoms with E-state index >= 15 is 0 Å². The van der Waals surface area contributed by atoms with Crippen molar-refractivity contribution in [3.8, 4) is 22.3 Å². The quantitative estimate of drug-likeness (QED) is 0.120. The van der Waals surface area contributed by atoms with Crippen LogP contribution in [0.5, 0.6) is 0 Å². The third kappa shape index (κ3) is 7.71. The molecule has 2 aliphatic carbocycles. The standard InChI is InChI=1S/C56H51N/c1-6-17-40(2)51(47-23-14-13-22-46(38-47)41(3)43-18-9-7-10-19-43)36-28-42-26-31-48(32-27-42)57(49-33-29-45(30-34-49)44-20-11-8-12-21-44)50-35-37-53-52-24-15-16-25-54(52)56(4,5)55(53)39-50/h7-27,29-39,47H,3,6,28H2,1-2,4-5H3/b40-17-,51-36+. The largest absolute Gasteiger partial charge is 0.310 e. The van der Waals surface area contributed by atoms with Crippen LogP contribution < -0.4 is 4.90 Å². The predicted octanol–water partition coefficient (Wildman–Crippen LogP) is 15.3. The summed E-state index contributed by atoms with van der Waals surface area (Å²) < 4.78 is 0. The molecule has 0 radical (unpaired) electrons. The van der Waals surface area contributed by atoms with Gasteiger partial charge < -0.3 is 4.90 Å². The summed E-state index contributed by atoms with van der Waals surface area (Å²) in [5, 5.41) is 0. The third-order valence-corrected chi connectivity index (χ3v) is 11.7. The predicted molar refractivity (Wildman–Crippen MR) is 245 cm³/mol. The van der Waals surface area contributed by atoms with Crippen LogP contribution in [0.1, 0.15) is 56.4 Å². The molecule has 0 bridgehead atoms. The summed E-state index contributed by atoms with van der Waals surface area (Å²) in [6.07, 6.45) is 17.8. The van der Waals surface area contributed by atoms with E-state index in [1.165, 1.54) is 50.1 Å². The maximum atomic E-state index is 4.49. The first-order valence-electron chi connectivity index (χ1n) is 20.3. The zero-order valence-electron chi connectivity index (χ0n) is 33.6. The molecule has 1 unspecified atom stereocenters. The van der Waals surface area contributed by atoms with Gasteiger partial charge in [0, 0.05) is 28.4 Å². The van der Waals surface area contributed by atoms with Gasteiger partial charge >= 0.3 is 0 Å². The lowest BCUT2D eigenvalue weighted by molar-refractivity contribution is 0.660. The van der Waals surface area contributed by atoms with Gasteiger partial charge in [0.2, 0.25) is 0 Å². The Morgan fingerprint density at radius 1 is 0.649 bits per heavy atom. The van der Waals surface area contributed by atoms with Crippen LogP contribution in [0.4, 0.5) is 17.1 Å². The smallest absolute Gasteiger partial charge is 0.0465 e. The van der Waals surface area contributed by atoms with Crippen LogP contribution in [0, 0.1) is 5.92 Å². The summed E-state index contributed by atoms with van der Waals surface area (Å²) in [4.78, 5) is 2.41. The number of rotatable bonds is 11. The first kappa shape index (κ1) is 37.5. The average Bonchev–Trinajstić information content (AvgIpc) is 3.37. The summed E-state index contributed by atoms with van der Waals surface area (Å²) in [6, 6.07) is 55.1. The highest BCUT2D eigenvalue weighted by atomic mass is 15.1. The molecule has 0 saturated heterocycles. The fourth-order valence-corrected chi connectivity index (χ4v) is 8.55. The lowest BCUT2D eigenvalue weighted by Gasteiger charge is -2.28. The normalized spacial score (nSPS) is 15.7. The number of benzene rings is 6. The summed E-state index contributed by atoms with van der Waals surface area (Å²) in [6.45, 7) is 13.7. The van der Waals surface area contributed by atoms with Crippen molar-refractivity contribution in [2.24, 2.45) is 5.92 Å². The Labute approximate surface area is 340 Å². The molecule has 57 heavy (non-hydrogen) atoms. The number of fused-ring (bicyclic) bond motifs is 3. The third-order valence-electron chi connectivity index (χ3n) is 11.7. The van der Waals surface area contributed by atoms with Gasteiger partial charge in [0.05, 0.1) is 0 Å². The van der Waals surface area contributed by atoms with Gasteiger partial charge in [0.25, 0.3) is 0 Å². The van der Waals surface area contributed by atoms with E-state index in [2.05, 4.69) is 233 Å².